The van der Waals surface area contributed by atoms with Gasteiger partial charge in [-0.1, -0.05) is 12.1 Å². The molecule has 1 aromatic carbocycles. The van der Waals surface area contributed by atoms with E-state index in [1.807, 2.05) is 35.9 Å². The summed E-state index contributed by atoms with van der Waals surface area (Å²) in [6.07, 6.45) is 0.256. The van der Waals surface area contributed by atoms with Crippen molar-refractivity contribution in [1.29, 1.82) is 0 Å². The molecule has 0 aliphatic carbocycles. The molecule has 0 radical (unpaired) electrons. The van der Waals surface area contributed by atoms with Crippen LogP contribution in [0.1, 0.15) is 11.5 Å². The smallest absolute Gasteiger partial charge is 0.291 e. The highest BCUT2D eigenvalue weighted by atomic mass is 16.6. The summed E-state index contributed by atoms with van der Waals surface area (Å²) < 4.78 is 1.91. The molecule has 0 saturated heterocycles. The highest BCUT2D eigenvalue weighted by Crippen LogP contribution is 2.22. The fourth-order valence-electron chi connectivity index (χ4n) is 2.31. The summed E-state index contributed by atoms with van der Waals surface area (Å²) in [5.74, 6) is 0.965. The van der Waals surface area contributed by atoms with Crippen molar-refractivity contribution < 1.29 is 4.92 Å². The molecule has 0 aliphatic heterocycles. The minimum Gasteiger partial charge on any atom is -0.384 e. The minimum absolute atomic E-state index is 0.0451. The lowest BCUT2D eigenvalue weighted by Crippen LogP contribution is -2.06. The molecule has 106 valence electrons. The van der Waals surface area contributed by atoms with Gasteiger partial charge in [0.05, 0.1) is 22.4 Å². The van der Waals surface area contributed by atoms with Crippen molar-refractivity contribution in [2.45, 2.75) is 6.42 Å². The van der Waals surface area contributed by atoms with Crippen molar-refractivity contribution >= 4 is 22.5 Å². The Hall–Kier alpha value is -2.96. The summed E-state index contributed by atoms with van der Waals surface area (Å²) in [7, 11) is 1.88. The van der Waals surface area contributed by atoms with Gasteiger partial charge >= 0.3 is 0 Å². The molecule has 2 heterocycles. The summed E-state index contributed by atoms with van der Waals surface area (Å²) in [5.41, 5.74) is 7.73. The van der Waals surface area contributed by atoms with Gasteiger partial charge in [-0.05, 0) is 18.2 Å². The van der Waals surface area contributed by atoms with Crippen molar-refractivity contribution in [3.05, 3.63) is 58.0 Å². The van der Waals surface area contributed by atoms with E-state index < -0.39 is 4.92 Å². The summed E-state index contributed by atoms with van der Waals surface area (Å²) in [4.78, 5) is 19.2. The van der Waals surface area contributed by atoms with Gasteiger partial charge < -0.3 is 10.3 Å². The highest BCUT2D eigenvalue weighted by Gasteiger charge is 2.18. The number of hydrogen-bond donors (Lipinski definition) is 1. The number of benzene rings is 1. The second-order valence-corrected chi connectivity index (χ2v) is 4.71. The van der Waals surface area contributed by atoms with Crippen LogP contribution in [0.25, 0.3) is 11.0 Å². The summed E-state index contributed by atoms with van der Waals surface area (Å²) in [6.45, 7) is 0. The van der Waals surface area contributed by atoms with Gasteiger partial charge in [-0.3, -0.25) is 10.1 Å². The third-order valence-electron chi connectivity index (χ3n) is 3.37. The van der Waals surface area contributed by atoms with E-state index in [1.165, 1.54) is 12.1 Å². The van der Waals surface area contributed by atoms with Crippen LogP contribution < -0.4 is 5.73 Å². The second kappa shape index (κ2) is 4.86. The van der Waals surface area contributed by atoms with Crippen LogP contribution in [0.4, 0.5) is 11.5 Å². The molecule has 3 rings (SSSR count). The number of aryl methyl sites for hydroxylation is 1. The van der Waals surface area contributed by atoms with E-state index in [0.717, 1.165) is 11.0 Å². The van der Waals surface area contributed by atoms with Gasteiger partial charge in [-0.2, -0.15) is 0 Å². The number of pyridine rings is 1. The molecular weight excluding hydrogens is 270 g/mol. The second-order valence-electron chi connectivity index (χ2n) is 4.71. The molecule has 0 aliphatic rings. The lowest BCUT2D eigenvalue weighted by atomic mass is 10.2. The first kappa shape index (κ1) is 13.0. The maximum absolute atomic E-state index is 11.1. The number of anilines is 1. The number of imidazole rings is 1. The Morgan fingerprint density at radius 3 is 2.71 bits per heavy atom. The zero-order valence-corrected chi connectivity index (χ0v) is 11.4. The molecule has 0 bridgehead atoms. The Morgan fingerprint density at radius 1 is 1.24 bits per heavy atom. The Bertz CT molecular complexity index is 840. The van der Waals surface area contributed by atoms with Gasteiger partial charge in [-0.15, -0.1) is 0 Å². The number of rotatable bonds is 3. The van der Waals surface area contributed by atoms with Gasteiger partial charge in [-0.25, -0.2) is 9.97 Å². The number of aromatic nitrogens is 3. The van der Waals surface area contributed by atoms with E-state index in [-0.39, 0.29) is 17.9 Å². The number of nitrogens with two attached hydrogens (primary N) is 1. The maximum atomic E-state index is 11.1. The van der Waals surface area contributed by atoms with Crippen molar-refractivity contribution in [3.63, 3.8) is 0 Å². The third-order valence-corrected chi connectivity index (χ3v) is 3.37. The Balaban J connectivity index is 2.08. The lowest BCUT2D eigenvalue weighted by Gasteiger charge is -2.04. The predicted molar refractivity (Wildman–Crippen MR) is 78.8 cm³/mol. The first-order valence-corrected chi connectivity index (χ1v) is 6.36. The molecule has 7 heteroatoms. The fraction of sp³-hybridized carbons (Fsp3) is 0.143. The average Bonchev–Trinajstić information content (AvgIpc) is 2.76. The number of nitrogens with zero attached hydrogens (tertiary/aromatic N) is 4. The number of hydrogen-bond acceptors (Lipinski definition) is 5. The number of nitro groups is 1. The monoisotopic (exact) mass is 283 g/mol. The molecule has 2 N–H and O–H groups in total. The molecule has 7 nitrogen and oxygen atoms in total. The van der Waals surface area contributed by atoms with Crippen molar-refractivity contribution in [1.82, 2.24) is 14.5 Å². The van der Waals surface area contributed by atoms with Crippen LogP contribution in [-0.4, -0.2) is 19.5 Å². The van der Waals surface area contributed by atoms with Crippen LogP contribution in [0.2, 0.25) is 0 Å². The van der Waals surface area contributed by atoms with Crippen molar-refractivity contribution in [2.24, 2.45) is 7.05 Å². The van der Waals surface area contributed by atoms with Crippen molar-refractivity contribution in [2.75, 3.05) is 5.73 Å². The number of para-hydroxylation sites is 2. The lowest BCUT2D eigenvalue weighted by molar-refractivity contribution is -0.385. The Morgan fingerprint density at radius 2 is 2.00 bits per heavy atom. The summed E-state index contributed by atoms with van der Waals surface area (Å²) in [6, 6.07) is 10.5. The average molecular weight is 283 g/mol. The maximum Gasteiger partial charge on any atom is 0.291 e. The Labute approximate surface area is 120 Å². The molecule has 0 unspecified atom stereocenters. The predicted octanol–water partition coefficient (Wildman–Crippen LogP) is 2.05. The molecule has 0 atom stereocenters. The topological polar surface area (TPSA) is 99.9 Å². The van der Waals surface area contributed by atoms with E-state index in [9.17, 15) is 10.1 Å². The van der Waals surface area contributed by atoms with Crippen LogP contribution >= 0.6 is 0 Å². The van der Waals surface area contributed by atoms with Crippen LogP contribution in [0.15, 0.2) is 36.4 Å². The minimum atomic E-state index is -0.454. The molecule has 2 aromatic heterocycles. The fourth-order valence-corrected chi connectivity index (χ4v) is 2.31. The van der Waals surface area contributed by atoms with Crippen LogP contribution in [0, 0.1) is 10.1 Å². The standard InChI is InChI=1S/C14H13N5O2/c1-18-11-5-3-2-4-9(11)17-14(18)8-10-12(19(20)21)6-7-13(15)16-10/h2-7H,8H2,1H3,(H2,15,16). The Kier molecular flexibility index (Phi) is 3.02. The van der Waals surface area contributed by atoms with Crippen LogP contribution in [0.3, 0.4) is 0 Å². The molecule has 0 spiro atoms. The molecule has 3 aromatic rings. The molecule has 0 saturated carbocycles. The first-order valence-electron chi connectivity index (χ1n) is 6.36. The zero-order valence-electron chi connectivity index (χ0n) is 11.4. The molecule has 0 fully saturated rings. The van der Waals surface area contributed by atoms with Crippen molar-refractivity contribution in [3.8, 4) is 0 Å². The molecule has 21 heavy (non-hydrogen) atoms. The van der Waals surface area contributed by atoms with Gasteiger partial charge in [0.15, 0.2) is 0 Å². The van der Waals surface area contributed by atoms with Crippen LogP contribution in [0.5, 0.6) is 0 Å². The number of fused-ring (bicyclic) bond motifs is 1. The highest BCUT2D eigenvalue weighted by molar-refractivity contribution is 5.75. The van der Waals surface area contributed by atoms with Gasteiger partial charge in [0.1, 0.15) is 17.3 Å². The van der Waals surface area contributed by atoms with E-state index in [4.69, 9.17) is 5.73 Å². The SMILES string of the molecule is Cn1c(Cc2nc(N)ccc2[N+](=O)[O-])nc2ccccc21. The van der Waals surface area contributed by atoms with Gasteiger partial charge in [0.2, 0.25) is 0 Å². The normalized spacial score (nSPS) is 10.9. The number of nitrogen functional groups attached to an aromatic ring is 1. The van der Waals surface area contributed by atoms with E-state index >= 15 is 0 Å². The summed E-state index contributed by atoms with van der Waals surface area (Å²) >= 11 is 0. The van der Waals surface area contributed by atoms with E-state index in [2.05, 4.69) is 9.97 Å². The van der Waals surface area contributed by atoms with Crippen LogP contribution in [-0.2, 0) is 13.5 Å². The summed E-state index contributed by atoms with van der Waals surface area (Å²) in [5, 5.41) is 11.1. The van der Waals surface area contributed by atoms with E-state index in [1.54, 1.807) is 0 Å². The molecular formula is C14H13N5O2. The largest absolute Gasteiger partial charge is 0.384 e. The van der Waals surface area contributed by atoms with Gasteiger partial charge in [0, 0.05) is 13.1 Å². The quantitative estimate of drug-likeness (QED) is 0.585. The third kappa shape index (κ3) is 2.29. The molecule has 0 amide bonds. The van der Waals surface area contributed by atoms with E-state index in [0.29, 0.717) is 11.5 Å². The van der Waals surface area contributed by atoms with Gasteiger partial charge in [0.25, 0.3) is 5.69 Å². The first-order chi connectivity index (χ1) is 10.1. The zero-order chi connectivity index (χ0) is 15.0.